The van der Waals surface area contributed by atoms with Crippen LogP contribution in [-0.2, 0) is 9.59 Å². The maximum Gasteiger partial charge on any atom is 0.475 e. The summed E-state index contributed by atoms with van der Waals surface area (Å²) in [6.07, 6.45) is 2.96. The summed E-state index contributed by atoms with van der Waals surface area (Å²) >= 11 is 0. The number of H-pyrrole nitrogens is 1. The van der Waals surface area contributed by atoms with E-state index in [0.29, 0.717) is 19.3 Å². The zero-order valence-corrected chi connectivity index (χ0v) is 21.2. The van der Waals surface area contributed by atoms with Crippen LogP contribution >= 0.6 is 0 Å². The molecule has 12 heteroatoms. The zero-order chi connectivity index (χ0) is 27.3. The number of carbonyl (C=O) groups excluding carboxylic acids is 3. The summed E-state index contributed by atoms with van der Waals surface area (Å²) in [5.74, 6) is -2.55. The molecule has 0 bridgehead atoms. The van der Waals surface area contributed by atoms with E-state index < -0.39 is 42.4 Å². The minimum atomic E-state index is -1.78. The Balaban J connectivity index is 2.83. The number of aromatic amines is 1. The van der Waals surface area contributed by atoms with E-state index in [9.17, 15) is 29.2 Å². The molecule has 2 atom stereocenters. The summed E-state index contributed by atoms with van der Waals surface area (Å²) < 4.78 is 0. The molecule has 36 heavy (non-hydrogen) atoms. The van der Waals surface area contributed by atoms with Crippen LogP contribution in [0.25, 0.3) is 0 Å². The third-order valence-electron chi connectivity index (χ3n) is 5.12. The Morgan fingerprint density at radius 3 is 2.39 bits per heavy atom. The summed E-state index contributed by atoms with van der Waals surface area (Å²) in [4.78, 5) is 51.6. The van der Waals surface area contributed by atoms with Gasteiger partial charge in [-0.15, -0.1) is 0 Å². The molecule has 0 fully saturated rings. The lowest BCUT2D eigenvalue weighted by Crippen LogP contribution is -2.54. The predicted molar refractivity (Wildman–Crippen MR) is 135 cm³/mol. The molecule has 0 saturated carbocycles. The number of carbonyl (C=O) groups is 3. The number of rotatable bonds is 14. The molecular weight excluding hydrogens is 465 g/mol. The van der Waals surface area contributed by atoms with Gasteiger partial charge in [0.05, 0.1) is 5.94 Å². The summed E-state index contributed by atoms with van der Waals surface area (Å²) in [6.45, 7) is 7.72. The third-order valence-corrected chi connectivity index (χ3v) is 5.12. The van der Waals surface area contributed by atoms with Gasteiger partial charge in [0.25, 0.3) is 11.8 Å². The van der Waals surface area contributed by atoms with E-state index in [-0.39, 0.29) is 36.1 Å². The van der Waals surface area contributed by atoms with E-state index in [1.807, 2.05) is 33.8 Å². The van der Waals surface area contributed by atoms with Crippen molar-refractivity contribution in [1.82, 2.24) is 20.9 Å². The van der Waals surface area contributed by atoms with Crippen molar-refractivity contribution >= 4 is 24.8 Å². The molecule has 0 aliphatic carbocycles. The second kappa shape index (κ2) is 15.5. The molecular formula is C24H36BN5O6. The van der Waals surface area contributed by atoms with Gasteiger partial charge in [-0.2, -0.15) is 5.26 Å². The first kappa shape index (κ1) is 30.6. The van der Waals surface area contributed by atoms with Crippen molar-refractivity contribution in [2.24, 2.45) is 11.8 Å². The molecule has 11 nitrogen and oxygen atoms in total. The van der Waals surface area contributed by atoms with Crippen molar-refractivity contribution in [2.45, 2.75) is 65.4 Å². The van der Waals surface area contributed by atoms with Gasteiger partial charge < -0.3 is 31.0 Å². The fraction of sp³-hybridized carbons (Fsp3) is 0.542. The van der Waals surface area contributed by atoms with Crippen molar-refractivity contribution in [1.29, 1.82) is 5.26 Å². The van der Waals surface area contributed by atoms with Crippen LogP contribution in [0, 0.1) is 23.2 Å². The standard InChI is InChI=1S/C24H36BN5O6/c1-15(2)12-17(14-26)22(32)27-11-6-5-8-19(24(34)30-20(25(35)36)13-16(3)4)29-23(33)18-9-7-10-21(31)28-18/h7,9-10,12,15-16,19-20,35-36H,5-6,8,11,13H2,1-4H3,(H,27,32)(H,28,31)(H,29,33)(H,30,34). The first-order chi connectivity index (χ1) is 16.9. The van der Waals surface area contributed by atoms with Gasteiger partial charge in [-0.05, 0) is 43.6 Å². The van der Waals surface area contributed by atoms with E-state index in [4.69, 9.17) is 5.26 Å². The van der Waals surface area contributed by atoms with Crippen molar-refractivity contribution < 1.29 is 24.4 Å². The summed E-state index contributed by atoms with van der Waals surface area (Å²) in [7, 11) is -1.78. The van der Waals surface area contributed by atoms with E-state index >= 15 is 0 Å². The molecule has 0 aromatic carbocycles. The zero-order valence-electron chi connectivity index (χ0n) is 21.2. The number of nitrogens with one attached hydrogen (secondary N) is 4. The Morgan fingerprint density at radius 2 is 1.83 bits per heavy atom. The van der Waals surface area contributed by atoms with E-state index in [0.717, 1.165) is 0 Å². The number of unbranched alkanes of at least 4 members (excludes halogenated alkanes) is 1. The third kappa shape index (κ3) is 11.3. The number of nitriles is 1. The molecule has 3 amide bonds. The van der Waals surface area contributed by atoms with Crippen molar-refractivity contribution in [3.8, 4) is 6.07 Å². The minimum absolute atomic E-state index is 0.0190. The molecule has 196 valence electrons. The Kier molecular flexibility index (Phi) is 13.2. The summed E-state index contributed by atoms with van der Waals surface area (Å²) in [5, 5.41) is 36.2. The average molecular weight is 501 g/mol. The average Bonchev–Trinajstić information content (AvgIpc) is 2.80. The van der Waals surface area contributed by atoms with Gasteiger partial charge in [0, 0.05) is 12.6 Å². The number of aromatic nitrogens is 1. The molecule has 0 radical (unpaired) electrons. The topological polar surface area (TPSA) is 184 Å². The van der Waals surface area contributed by atoms with Crippen LogP contribution < -0.4 is 21.5 Å². The quantitative estimate of drug-likeness (QED) is 0.0923. The molecule has 1 heterocycles. The molecule has 6 N–H and O–H groups in total. The van der Waals surface area contributed by atoms with Crippen molar-refractivity contribution in [3.05, 3.63) is 45.9 Å². The normalized spacial score (nSPS) is 13.0. The molecule has 0 aliphatic heterocycles. The van der Waals surface area contributed by atoms with Crippen LogP contribution in [0.15, 0.2) is 34.6 Å². The molecule has 1 aromatic rings. The highest BCUT2D eigenvalue weighted by Gasteiger charge is 2.30. The van der Waals surface area contributed by atoms with Crippen LogP contribution in [0.3, 0.4) is 0 Å². The molecule has 0 aliphatic rings. The molecule has 2 unspecified atom stereocenters. The Bertz CT molecular complexity index is 1010. The van der Waals surface area contributed by atoms with Crippen molar-refractivity contribution in [2.75, 3.05) is 6.54 Å². The Morgan fingerprint density at radius 1 is 1.14 bits per heavy atom. The number of amides is 3. The number of pyridine rings is 1. The van der Waals surface area contributed by atoms with Gasteiger partial charge in [-0.3, -0.25) is 19.2 Å². The van der Waals surface area contributed by atoms with Crippen molar-refractivity contribution in [3.63, 3.8) is 0 Å². The van der Waals surface area contributed by atoms with Gasteiger partial charge in [-0.1, -0.05) is 39.8 Å². The Labute approximate surface area is 211 Å². The van der Waals surface area contributed by atoms with E-state index in [2.05, 4.69) is 20.9 Å². The SMILES string of the molecule is CC(C)C=C(C#N)C(=O)NCCCCC(NC(=O)c1cccc(=O)[nH]1)C(=O)NC(CC(C)C)B(O)O. The number of hydrogen-bond acceptors (Lipinski definition) is 7. The van der Waals surface area contributed by atoms with Crippen LogP contribution in [0.4, 0.5) is 0 Å². The lowest BCUT2D eigenvalue weighted by atomic mass is 9.75. The monoisotopic (exact) mass is 501 g/mol. The maximum absolute atomic E-state index is 12.9. The van der Waals surface area contributed by atoms with Gasteiger partial charge in [-0.25, -0.2) is 0 Å². The number of hydrogen-bond donors (Lipinski definition) is 6. The van der Waals surface area contributed by atoms with E-state index in [1.54, 1.807) is 6.08 Å². The molecule has 0 saturated heterocycles. The number of nitrogens with zero attached hydrogens (tertiary/aromatic N) is 1. The van der Waals surface area contributed by atoms with Crippen LogP contribution in [0.1, 0.15) is 63.9 Å². The second-order valence-electron chi connectivity index (χ2n) is 9.30. The van der Waals surface area contributed by atoms with E-state index in [1.165, 1.54) is 18.2 Å². The van der Waals surface area contributed by atoms with Gasteiger partial charge in [0.1, 0.15) is 23.4 Å². The smallest absolute Gasteiger partial charge is 0.426 e. The highest BCUT2D eigenvalue weighted by Crippen LogP contribution is 2.09. The van der Waals surface area contributed by atoms with Gasteiger partial charge in [0.2, 0.25) is 11.5 Å². The second-order valence-corrected chi connectivity index (χ2v) is 9.30. The fourth-order valence-corrected chi connectivity index (χ4v) is 3.40. The fourth-order valence-electron chi connectivity index (χ4n) is 3.40. The highest BCUT2D eigenvalue weighted by molar-refractivity contribution is 6.43. The summed E-state index contributed by atoms with van der Waals surface area (Å²) in [5.41, 5.74) is -0.456. The number of allylic oxidation sites excluding steroid dienone is 1. The predicted octanol–water partition coefficient (Wildman–Crippen LogP) is 0.409. The first-order valence-electron chi connectivity index (χ1n) is 12.0. The lowest BCUT2D eigenvalue weighted by Gasteiger charge is -2.24. The van der Waals surface area contributed by atoms with Crippen LogP contribution in [0.5, 0.6) is 0 Å². The van der Waals surface area contributed by atoms with Gasteiger partial charge >= 0.3 is 7.12 Å². The molecule has 0 spiro atoms. The summed E-state index contributed by atoms with van der Waals surface area (Å²) in [6, 6.07) is 4.91. The Hall–Kier alpha value is -3.43. The minimum Gasteiger partial charge on any atom is -0.426 e. The molecule has 1 aromatic heterocycles. The van der Waals surface area contributed by atoms with Gasteiger partial charge in [0.15, 0.2) is 0 Å². The molecule has 1 rings (SSSR count). The van der Waals surface area contributed by atoms with Crippen LogP contribution in [0.2, 0.25) is 0 Å². The van der Waals surface area contributed by atoms with Crippen LogP contribution in [-0.4, -0.2) is 58.4 Å². The highest BCUT2D eigenvalue weighted by atomic mass is 16.4. The first-order valence-corrected chi connectivity index (χ1v) is 12.0. The lowest BCUT2D eigenvalue weighted by molar-refractivity contribution is -0.123. The largest absolute Gasteiger partial charge is 0.475 e. The maximum atomic E-state index is 12.9.